The molecule has 0 amide bonds. The highest BCUT2D eigenvalue weighted by Crippen LogP contribution is 2.41. The van der Waals surface area contributed by atoms with Crippen LogP contribution in [0.25, 0.3) is 11.0 Å². The lowest BCUT2D eigenvalue weighted by atomic mass is 9.95. The molecule has 3 nitrogen and oxygen atoms in total. The first-order chi connectivity index (χ1) is 9.11. The molecule has 0 bridgehead atoms. The lowest BCUT2D eigenvalue weighted by molar-refractivity contribution is 0.464. The molecule has 1 fully saturated rings. The van der Waals surface area contributed by atoms with Gasteiger partial charge in [-0.25, -0.2) is 9.37 Å². The number of benzene rings is 1. The smallest absolute Gasteiger partial charge is 0.125 e. The highest BCUT2D eigenvalue weighted by Gasteiger charge is 2.31. The van der Waals surface area contributed by atoms with Gasteiger partial charge in [0.25, 0.3) is 0 Å². The average molecular weight is 261 g/mol. The number of halogens is 1. The zero-order chi connectivity index (χ0) is 13.6. The maximum atomic E-state index is 13.5. The van der Waals surface area contributed by atoms with E-state index in [1.54, 1.807) is 12.1 Å². The highest BCUT2D eigenvalue weighted by molar-refractivity contribution is 5.76. The third kappa shape index (κ3) is 2.14. The maximum Gasteiger partial charge on any atom is 0.125 e. The van der Waals surface area contributed by atoms with Crippen LogP contribution in [0.4, 0.5) is 4.39 Å². The van der Waals surface area contributed by atoms with Crippen molar-refractivity contribution < 1.29 is 4.39 Å². The number of nitrogens with zero attached hydrogens (tertiary/aromatic N) is 2. The summed E-state index contributed by atoms with van der Waals surface area (Å²) in [6, 6.07) is 5.32. The van der Waals surface area contributed by atoms with Crippen LogP contribution >= 0.6 is 0 Å². The number of hydrogen-bond acceptors (Lipinski definition) is 2. The molecule has 19 heavy (non-hydrogen) atoms. The molecule has 102 valence electrons. The van der Waals surface area contributed by atoms with E-state index in [1.807, 2.05) is 0 Å². The Morgan fingerprint density at radius 3 is 2.74 bits per heavy atom. The maximum absolute atomic E-state index is 13.5. The fourth-order valence-corrected chi connectivity index (χ4v) is 2.74. The Bertz CT molecular complexity index is 599. The second-order valence-corrected chi connectivity index (χ2v) is 5.79. The first kappa shape index (κ1) is 12.6. The lowest BCUT2D eigenvalue weighted by Gasteiger charge is -2.20. The molecule has 0 saturated heterocycles. The number of imidazole rings is 1. The van der Waals surface area contributed by atoms with Crippen LogP contribution in [0.3, 0.4) is 0 Å². The van der Waals surface area contributed by atoms with Gasteiger partial charge in [-0.05, 0) is 37.0 Å². The van der Waals surface area contributed by atoms with Gasteiger partial charge in [0.2, 0.25) is 0 Å². The zero-order valence-corrected chi connectivity index (χ0v) is 11.4. The second kappa shape index (κ2) is 4.60. The molecule has 1 aromatic carbocycles. The van der Waals surface area contributed by atoms with E-state index in [0.29, 0.717) is 18.5 Å². The van der Waals surface area contributed by atoms with Crippen molar-refractivity contribution in [3.8, 4) is 0 Å². The fourth-order valence-electron chi connectivity index (χ4n) is 2.74. The molecule has 0 aliphatic heterocycles. The van der Waals surface area contributed by atoms with E-state index in [-0.39, 0.29) is 11.7 Å². The molecule has 1 saturated carbocycles. The summed E-state index contributed by atoms with van der Waals surface area (Å²) in [6.07, 6.45) is 2.31. The predicted octanol–water partition coefficient (Wildman–Crippen LogP) is 3.21. The minimum absolute atomic E-state index is 0.199. The lowest BCUT2D eigenvalue weighted by Crippen LogP contribution is -2.21. The summed E-state index contributed by atoms with van der Waals surface area (Å²) in [6.45, 7) is 4.90. The third-order valence-electron chi connectivity index (χ3n) is 3.98. The molecule has 3 rings (SSSR count). The predicted molar refractivity (Wildman–Crippen MR) is 74.6 cm³/mol. The molecular formula is C15H20FN3. The van der Waals surface area contributed by atoms with Crippen molar-refractivity contribution in [2.45, 2.75) is 38.6 Å². The number of rotatable bonds is 4. The summed E-state index contributed by atoms with van der Waals surface area (Å²) in [5.74, 6) is 1.50. The standard InChI is InChI=1S/C15H20FN3/c1-9(2)12(8-17)15-18-13-6-3-10(16)7-14(13)19(15)11-4-5-11/h3,6-7,9,11-12H,4-5,8,17H2,1-2H3. The van der Waals surface area contributed by atoms with Gasteiger partial charge in [0.1, 0.15) is 11.6 Å². The van der Waals surface area contributed by atoms with Crippen molar-refractivity contribution >= 4 is 11.0 Å². The van der Waals surface area contributed by atoms with Gasteiger partial charge in [0, 0.05) is 18.5 Å². The van der Waals surface area contributed by atoms with Gasteiger partial charge in [-0.1, -0.05) is 13.8 Å². The van der Waals surface area contributed by atoms with Crippen LogP contribution in [0, 0.1) is 11.7 Å². The van der Waals surface area contributed by atoms with Crippen molar-refractivity contribution in [2.75, 3.05) is 6.54 Å². The minimum Gasteiger partial charge on any atom is -0.330 e. The number of hydrogen-bond donors (Lipinski definition) is 1. The molecular weight excluding hydrogens is 241 g/mol. The van der Waals surface area contributed by atoms with E-state index in [2.05, 4.69) is 18.4 Å². The van der Waals surface area contributed by atoms with E-state index in [4.69, 9.17) is 10.7 Å². The van der Waals surface area contributed by atoms with Gasteiger partial charge >= 0.3 is 0 Å². The van der Waals surface area contributed by atoms with E-state index in [1.165, 1.54) is 6.07 Å². The minimum atomic E-state index is -0.199. The van der Waals surface area contributed by atoms with Gasteiger partial charge in [0.15, 0.2) is 0 Å². The fraction of sp³-hybridized carbons (Fsp3) is 0.533. The Kier molecular flexibility index (Phi) is 3.05. The third-order valence-corrected chi connectivity index (χ3v) is 3.98. The van der Waals surface area contributed by atoms with Crippen molar-refractivity contribution in [1.29, 1.82) is 0 Å². The Balaban J connectivity index is 2.20. The first-order valence-electron chi connectivity index (χ1n) is 6.99. The van der Waals surface area contributed by atoms with Gasteiger partial charge < -0.3 is 10.3 Å². The van der Waals surface area contributed by atoms with Gasteiger partial charge in [0.05, 0.1) is 11.0 Å². The Morgan fingerprint density at radius 1 is 1.42 bits per heavy atom. The molecule has 1 aliphatic rings. The van der Waals surface area contributed by atoms with Crippen molar-refractivity contribution in [2.24, 2.45) is 11.7 Å². The molecule has 1 unspecified atom stereocenters. The largest absolute Gasteiger partial charge is 0.330 e. The van der Waals surface area contributed by atoms with E-state index in [0.717, 1.165) is 29.7 Å². The van der Waals surface area contributed by atoms with E-state index in [9.17, 15) is 4.39 Å². The van der Waals surface area contributed by atoms with Gasteiger partial charge in [-0.2, -0.15) is 0 Å². The van der Waals surface area contributed by atoms with E-state index < -0.39 is 0 Å². The van der Waals surface area contributed by atoms with E-state index >= 15 is 0 Å². The van der Waals surface area contributed by atoms with Crippen LogP contribution in [0.2, 0.25) is 0 Å². The molecule has 2 N–H and O–H groups in total. The molecule has 1 aromatic heterocycles. The highest BCUT2D eigenvalue weighted by atomic mass is 19.1. The van der Waals surface area contributed by atoms with Crippen molar-refractivity contribution in [3.63, 3.8) is 0 Å². The molecule has 1 aliphatic carbocycles. The Labute approximate surface area is 112 Å². The zero-order valence-electron chi connectivity index (χ0n) is 11.4. The van der Waals surface area contributed by atoms with Crippen molar-refractivity contribution in [3.05, 3.63) is 29.8 Å². The average Bonchev–Trinajstić information content (AvgIpc) is 3.12. The molecule has 0 spiro atoms. The summed E-state index contributed by atoms with van der Waals surface area (Å²) in [4.78, 5) is 4.72. The quantitative estimate of drug-likeness (QED) is 0.918. The van der Waals surface area contributed by atoms with Crippen LogP contribution in [-0.4, -0.2) is 16.1 Å². The summed E-state index contributed by atoms with van der Waals surface area (Å²) in [5.41, 5.74) is 7.71. The molecule has 2 aromatic rings. The van der Waals surface area contributed by atoms with Crippen LogP contribution in [-0.2, 0) is 0 Å². The van der Waals surface area contributed by atoms with Gasteiger partial charge in [-0.15, -0.1) is 0 Å². The molecule has 0 radical (unpaired) electrons. The topological polar surface area (TPSA) is 43.8 Å². The summed E-state index contributed by atoms with van der Waals surface area (Å²) < 4.78 is 15.7. The van der Waals surface area contributed by atoms with Crippen LogP contribution in [0.15, 0.2) is 18.2 Å². The SMILES string of the molecule is CC(C)C(CN)c1nc2ccc(F)cc2n1C1CC1. The van der Waals surface area contributed by atoms with Crippen molar-refractivity contribution in [1.82, 2.24) is 9.55 Å². The number of nitrogens with two attached hydrogens (primary N) is 1. The number of fused-ring (bicyclic) bond motifs is 1. The first-order valence-corrected chi connectivity index (χ1v) is 6.99. The Morgan fingerprint density at radius 2 is 2.16 bits per heavy atom. The van der Waals surface area contributed by atoms with Crippen LogP contribution < -0.4 is 5.73 Å². The second-order valence-electron chi connectivity index (χ2n) is 5.79. The summed E-state index contributed by atoms with van der Waals surface area (Å²) in [7, 11) is 0. The normalized spacial score (nSPS) is 17.3. The molecule has 1 atom stereocenters. The van der Waals surface area contributed by atoms with Crippen LogP contribution in [0.1, 0.15) is 44.5 Å². The Hall–Kier alpha value is -1.42. The summed E-state index contributed by atoms with van der Waals surface area (Å²) in [5, 5.41) is 0. The number of aromatic nitrogens is 2. The molecule has 1 heterocycles. The summed E-state index contributed by atoms with van der Waals surface area (Å²) >= 11 is 0. The van der Waals surface area contributed by atoms with Gasteiger partial charge in [-0.3, -0.25) is 0 Å². The monoisotopic (exact) mass is 261 g/mol. The van der Waals surface area contributed by atoms with Crippen LogP contribution in [0.5, 0.6) is 0 Å². The molecule has 4 heteroatoms.